The van der Waals surface area contributed by atoms with E-state index >= 15 is 0 Å². The predicted octanol–water partition coefficient (Wildman–Crippen LogP) is 3.65. The highest BCUT2D eigenvalue weighted by Gasteiger charge is 2.79. The zero-order valence-electron chi connectivity index (χ0n) is 15.2. The first-order valence-corrected chi connectivity index (χ1v) is 9.89. The van der Waals surface area contributed by atoms with E-state index in [-0.39, 0.29) is 28.8 Å². The van der Waals surface area contributed by atoms with Gasteiger partial charge in [-0.2, -0.15) is 0 Å². The summed E-state index contributed by atoms with van der Waals surface area (Å²) in [7, 11) is 0. The minimum Gasteiger partial charge on any atom is -0.393 e. The van der Waals surface area contributed by atoms with Crippen molar-refractivity contribution in [3.63, 3.8) is 0 Å². The summed E-state index contributed by atoms with van der Waals surface area (Å²) >= 11 is 0. The first kappa shape index (κ1) is 15.6. The van der Waals surface area contributed by atoms with E-state index in [4.69, 9.17) is 4.74 Å². The Balaban J connectivity index is 1.51. The van der Waals surface area contributed by atoms with Gasteiger partial charge in [0.15, 0.2) is 11.4 Å². The van der Waals surface area contributed by atoms with Crippen molar-refractivity contribution in [2.75, 3.05) is 0 Å². The highest BCUT2D eigenvalue weighted by molar-refractivity contribution is 5.90. The molecular formula is C21H30O3. The van der Waals surface area contributed by atoms with Crippen molar-refractivity contribution in [3.8, 4) is 0 Å². The monoisotopic (exact) mass is 330 g/mol. The second kappa shape index (κ2) is 4.54. The predicted molar refractivity (Wildman–Crippen MR) is 91.4 cm³/mol. The van der Waals surface area contributed by atoms with E-state index in [1.165, 1.54) is 12.0 Å². The number of carbonyl (C=O) groups excluding carboxylic acids is 1. The summed E-state index contributed by atoms with van der Waals surface area (Å²) in [6.07, 6.45) is 10.0. The molecule has 8 atom stereocenters. The summed E-state index contributed by atoms with van der Waals surface area (Å²) in [5, 5.41) is 10.1. The lowest BCUT2D eigenvalue weighted by Crippen LogP contribution is -2.54. The number of allylic oxidation sites excluding steroid dienone is 1. The second-order valence-corrected chi connectivity index (χ2v) is 9.75. The van der Waals surface area contributed by atoms with E-state index in [0.717, 1.165) is 44.4 Å². The minimum absolute atomic E-state index is 0.0422. The van der Waals surface area contributed by atoms with Gasteiger partial charge in [0.1, 0.15) is 0 Å². The lowest BCUT2D eigenvalue weighted by atomic mass is 9.47. The van der Waals surface area contributed by atoms with Gasteiger partial charge in [0, 0.05) is 5.41 Å². The fraction of sp³-hybridized carbons (Fsp3) is 0.857. The van der Waals surface area contributed by atoms with Gasteiger partial charge in [-0.1, -0.05) is 25.5 Å². The number of carbonyl (C=O) groups is 1. The Hall–Kier alpha value is -0.670. The smallest absolute Gasteiger partial charge is 0.164 e. The van der Waals surface area contributed by atoms with Crippen molar-refractivity contribution < 1.29 is 14.6 Å². The van der Waals surface area contributed by atoms with Crippen LogP contribution in [0.4, 0.5) is 0 Å². The SMILES string of the molecule is CC(=O)[C@]12O[C@@H]1C[C@@H]1[C@H]3CC=C4C[C@@H](O)CC[C@]4(C)[C@@H]3CC[C@]12C. The topological polar surface area (TPSA) is 49.8 Å². The van der Waals surface area contributed by atoms with Gasteiger partial charge in [-0.15, -0.1) is 0 Å². The summed E-state index contributed by atoms with van der Waals surface area (Å²) in [5.74, 6) is 2.31. The van der Waals surface area contributed by atoms with E-state index < -0.39 is 5.60 Å². The number of aliphatic hydroxyl groups is 1. The Kier molecular flexibility index (Phi) is 2.94. The molecule has 1 aliphatic heterocycles. The molecule has 132 valence electrons. The molecule has 0 unspecified atom stereocenters. The molecular weight excluding hydrogens is 300 g/mol. The lowest BCUT2D eigenvalue weighted by Gasteiger charge is -2.58. The van der Waals surface area contributed by atoms with E-state index in [1.54, 1.807) is 6.92 Å². The molecule has 1 N–H and O–H groups in total. The van der Waals surface area contributed by atoms with Gasteiger partial charge in [-0.25, -0.2) is 0 Å². The van der Waals surface area contributed by atoms with Crippen molar-refractivity contribution >= 4 is 5.78 Å². The molecule has 0 aromatic rings. The summed E-state index contributed by atoms with van der Waals surface area (Å²) in [6.45, 7) is 6.54. The van der Waals surface area contributed by atoms with E-state index in [1.807, 2.05) is 0 Å². The Bertz CT molecular complexity index is 639. The molecule has 0 radical (unpaired) electrons. The summed E-state index contributed by atoms with van der Waals surface area (Å²) in [4.78, 5) is 12.4. The molecule has 1 saturated heterocycles. The molecule has 5 rings (SSSR count). The van der Waals surface area contributed by atoms with Gasteiger partial charge < -0.3 is 9.84 Å². The molecule has 5 aliphatic rings. The van der Waals surface area contributed by atoms with Gasteiger partial charge in [0.25, 0.3) is 0 Å². The third-order valence-electron chi connectivity index (χ3n) is 9.03. The third kappa shape index (κ3) is 1.60. The molecule has 3 heteroatoms. The first-order valence-electron chi connectivity index (χ1n) is 9.89. The number of fused-ring (bicyclic) bond motifs is 7. The van der Waals surface area contributed by atoms with Crippen molar-refractivity contribution in [3.05, 3.63) is 11.6 Å². The van der Waals surface area contributed by atoms with Crippen LogP contribution in [0.25, 0.3) is 0 Å². The zero-order chi connectivity index (χ0) is 16.9. The number of hydrogen-bond acceptors (Lipinski definition) is 3. The molecule has 4 aliphatic carbocycles. The van der Waals surface area contributed by atoms with Crippen LogP contribution < -0.4 is 0 Å². The van der Waals surface area contributed by atoms with Gasteiger partial charge in [-0.05, 0) is 75.0 Å². The van der Waals surface area contributed by atoms with E-state index in [2.05, 4.69) is 19.9 Å². The standard InChI is InChI=1S/C21H30O3/c1-12(22)21-18(24-21)11-17-15-5-4-13-10-14(23)6-8-19(13,2)16(15)7-9-20(17,21)3/h4,14-18,23H,5-11H2,1-3H3/t14-,15-,16+,17+,18+,19-,20+,21-/m0/s1. The molecule has 0 aromatic heterocycles. The second-order valence-electron chi connectivity index (χ2n) is 9.75. The average molecular weight is 330 g/mol. The number of epoxide rings is 1. The molecule has 0 spiro atoms. The fourth-order valence-corrected chi connectivity index (χ4v) is 7.71. The highest BCUT2D eigenvalue weighted by Crippen LogP contribution is 2.73. The maximum Gasteiger partial charge on any atom is 0.164 e. The van der Waals surface area contributed by atoms with Crippen LogP contribution in [0.3, 0.4) is 0 Å². The van der Waals surface area contributed by atoms with Crippen molar-refractivity contribution in [1.29, 1.82) is 0 Å². The highest BCUT2D eigenvalue weighted by atomic mass is 16.6. The number of hydrogen-bond donors (Lipinski definition) is 1. The number of Topliss-reactive ketones (excluding diaryl/α,β-unsaturated/α-hetero) is 1. The first-order chi connectivity index (χ1) is 11.3. The quantitative estimate of drug-likeness (QED) is 0.590. The Morgan fingerprint density at radius 3 is 2.79 bits per heavy atom. The van der Waals surface area contributed by atoms with Crippen molar-refractivity contribution in [1.82, 2.24) is 0 Å². The maximum absolute atomic E-state index is 12.4. The lowest BCUT2D eigenvalue weighted by molar-refractivity contribution is -0.135. The molecule has 24 heavy (non-hydrogen) atoms. The number of ketones is 1. The fourth-order valence-electron chi connectivity index (χ4n) is 7.71. The Morgan fingerprint density at radius 1 is 1.25 bits per heavy atom. The van der Waals surface area contributed by atoms with Gasteiger partial charge >= 0.3 is 0 Å². The molecule has 4 fully saturated rings. The van der Waals surface area contributed by atoms with Crippen molar-refractivity contribution in [2.24, 2.45) is 28.6 Å². The summed E-state index contributed by atoms with van der Waals surface area (Å²) in [5.41, 5.74) is 1.39. The van der Waals surface area contributed by atoms with Gasteiger partial charge in [-0.3, -0.25) is 4.79 Å². The van der Waals surface area contributed by atoms with Crippen LogP contribution in [0.15, 0.2) is 11.6 Å². The van der Waals surface area contributed by atoms with E-state index in [9.17, 15) is 9.90 Å². The van der Waals surface area contributed by atoms with Crippen LogP contribution in [0, 0.1) is 28.6 Å². The Labute approximate surface area is 144 Å². The molecule has 3 nitrogen and oxygen atoms in total. The van der Waals surface area contributed by atoms with Crippen LogP contribution >= 0.6 is 0 Å². The number of rotatable bonds is 1. The molecule has 0 amide bonds. The normalized spacial score (nSPS) is 58.0. The number of aliphatic hydroxyl groups excluding tert-OH is 1. The van der Waals surface area contributed by atoms with Crippen LogP contribution in [0.5, 0.6) is 0 Å². The molecule has 0 bridgehead atoms. The largest absolute Gasteiger partial charge is 0.393 e. The van der Waals surface area contributed by atoms with Crippen LogP contribution in [0.1, 0.15) is 65.7 Å². The van der Waals surface area contributed by atoms with E-state index in [0.29, 0.717) is 11.8 Å². The molecule has 1 heterocycles. The molecule has 0 aromatic carbocycles. The Morgan fingerprint density at radius 2 is 2.04 bits per heavy atom. The van der Waals surface area contributed by atoms with Crippen molar-refractivity contribution in [2.45, 2.75) is 83.5 Å². The minimum atomic E-state index is -0.448. The third-order valence-corrected chi connectivity index (χ3v) is 9.03. The number of ether oxygens (including phenoxy) is 1. The van der Waals surface area contributed by atoms with Gasteiger partial charge in [0.2, 0.25) is 0 Å². The summed E-state index contributed by atoms with van der Waals surface area (Å²) < 4.78 is 6.00. The summed E-state index contributed by atoms with van der Waals surface area (Å²) in [6, 6.07) is 0. The van der Waals surface area contributed by atoms with Crippen LogP contribution in [-0.4, -0.2) is 28.7 Å². The molecule has 3 saturated carbocycles. The van der Waals surface area contributed by atoms with Gasteiger partial charge in [0.05, 0.1) is 12.2 Å². The van der Waals surface area contributed by atoms with Crippen LogP contribution in [-0.2, 0) is 9.53 Å². The maximum atomic E-state index is 12.4. The zero-order valence-corrected chi connectivity index (χ0v) is 15.2. The average Bonchev–Trinajstić information content (AvgIpc) is 3.21. The van der Waals surface area contributed by atoms with Crippen LogP contribution in [0.2, 0.25) is 0 Å².